The summed E-state index contributed by atoms with van der Waals surface area (Å²) < 4.78 is 0. The Bertz CT molecular complexity index is 218. The van der Waals surface area contributed by atoms with Gasteiger partial charge >= 0.3 is 0 Å². The Labute approximate surface area is 77.7 Å². The number of aliphatic hydroxyl groups is 1. The number of piperazine rings is 1. The zero-order chi connectivity index (χ0) is 9.31. The van der Waals surface area contributed by atoms with Crippen molar-refractivity contribution in [3.63, 3.8) is 0 Å². The predicted molar refractivity (Wildman–Crippen MR) is 48.7 cm³/mol. The third-order valence-electron chi connectivity index (χ3n) is 2.95. The van der Waals surface area contributed by atoms with E-state index in [1.807, 2.05) is 0 Å². The van der Waals surface area contributed by atoms with Crippen molar-refractivity contribution < 1.29 is 9.90 Å². The quantitative estimate of drug-likeness (QED) is 0.406. The first-order valence-electron chi connectivity index (χ1n) is 4.82. The number of aliphatic hydroxyl groups excluding tert-OH is 1. The molecule has 1 spiro atoms. The molecule has 1 aliphatic carbocycles. The fourth-order valence-corrected chi connectivity index (χ4v) is 2.08. The Morgan fingerprint density at radius 3 is 2.33 bits per heavy atom. The predicted octanol–water partition coefficient (Wildman–Crippen LogP) is 0.948. The van der Waals surface area contributed by atoms with Crippen molar-refractivity contribution >= 4 is 5.91 Å². The molecule has 0 bridgehead atoms. The third-order valence-corrected chi connectivity index (χ3v) is 2.95. The monoisotopic (exact) mass is 724 g/mol. The van der Waals surface area contributed by atoms with Crippen LogP contribution in [0, 0.1) is 0 Å². The van der Waals surface area contributed by atoms with Crippen molar-refractivity contribution in [2.75, 3.05) is 13.1 Å². The molecule has 0 atom stereocenters. The van der Waals surface area contributed by atoms with Crippen molar-refractivity contribution in [2.24, 2.45) is 0 Å². The van der Waals surface area contributed by atoms with E-state index < -0.39 is 5.54 Å². The van der Waals surface area contributed by atoms with Crippen LogP contribution in [0.1, 0.15) is 25.7 Å². The van der Waals surface area contributed by atoms with Crippen LogP contribution in [-0.4, -0.2) is 35.7 Å². The molecule has 0 radical (unpaired) electrons. The molecule has 1 heterocycles. The second-order valence-electron chi connectivity index (χ2n) is 3.83. The largest absolute Gasteiger partial charge is 0.656 e. The van der Waals surface area contributed by atoms with Crippen molar-refractivity contribution in [1.82, 2.24) is 0 Å². The number of carbonyl (C=O) groups is 1. The van der Waals surface area contributed by atoms with E-state index in [4.69, 9.17) is 0 Å². The number of hydrogen-bond donors (Lipinski definition) is 1. The number of nitrogens with zero attached hydrogens (tertiary/aromatic N) is 2. The van der Waals surface area contributed by atoms with Gasteiger partial charge in [-0.1, -0.05) is 18.4 Å². The molecule has 0 unspecified atom stereocenters. The van der Waals surface area contributed by atoms with Crippen LogP contribution in [0.5, 0.6) is 0 Å². The third kappa shape index (κ3) is 1.84. The summed E-state index contributed by atoms with van der Waals surface area (Å²) in [6, 6.07) is 0. The molecule has 2 aliphatic rings. The summed E-state index contributed by atoms with van der Waals surface area (Å²) in [6.07, 6.45) is 2.48. The summed E-state index contributed by atoms with van der Waals surface area (Å²) in [5.41, 5.74) is -0.544. The van der Waals surface area contributed by atoms with Gasteiger partial charge in [-0.25, -0.2) is 0 Å². The molecule has 2 rings (SSSR count). The van der Waals surface area contributed by atoms with E-state index in [0.29, 0.717) is 38.8 Å². The molecule has 1 N–H and O–H groups in total. The van der Waals surface area contributed by atoms with Gasteiger partial charge in [-0.2, -0.15) is 6.54 Å². The second kappa shape index (κ2) is 4.07. The molecule has 1 saturated carbocycles. The second-order valence-corrected chi connectivity index (χ2v) is 3.83. The summed E-state index contributed by atoms with van der Waals surface area (Å²) in [6.45, 7) is 1.21. The zero-order valence-electron chi connectivity index (χ0n) is 8.98. The molecule has 78 valence electrons. The first kappa shape index (κ1) is 12.4. The normalized spacial score (nSPS) is 35.0. The molecule has 2 fully saturated rings. The maximum atomic E-state index is 11.5. The maximum absolute atomic E-state index is 11.5. The SMILES string of the molecule is O=C1[N-]CC[N-]C12CCC(O)CC2.[Sg].[Sg]. The molecular formula is C9H14N2O2Sg2-2. The first-order valence-corrected chi connectivity index (χ1v) is 4.82. The molecule has 1 aliphatic heterocycles. The molecule has 0 aromatic rings. The summed E-state index contributed by atoms with van der Waals surface area (Å²) in [5, 5.41) is 17.6. The van der Waals surface area contributed by atoms with Gasteiger partial charge in [0.15, 0.2) is 0 Å². The van der Waals surface area contributed by atoms with Crippen molar-refractivity contribution in [1.29, 1.82) is 0 Å². The van der Waals surface area contributed by atoms with Gasteiger partial charge in [0.25, 0.3) is 0 Å². The van der Waals surface area contributed by atoms with Gasteiger partial charge < -0.3 is 20.5 Å². The standard InChI is InChI=1S/C9H15N2O2.2Sg/c12-7-1-3-9(4-2-7)8(13)10-5-6-11-9;;/h7,12H,1-6H2,(H,10,13);;/q-1;;/p-1. The van der Waals surface area contributed by atoms with Gasteiger partial charge in [-0.05, 0) is 12.8 Å². The van der Waals surface area contributed by atoms with E-state index in [1.54, 1.807) is 0 Å². The van der Waals surface area contributed by atoms with Gasteiger partial charge in [0.2, 0.25) is 0 Å². The Balaban J connectivity index is 0.000000980. The van der Waals surface area contributed by atoms with E-state index >= 15 is 0 Å². The fourth-order valence-electron chi connectivity index (χ4n) is 2.08. The molecule has 0 aromatic heterocycles. The average Bonchev–Trinajstić information content (AvgIpc) is 2.15. The fraction of sp³-hybridized carbons (Fsp3) is 0.889. The van der Waals surface area contributed by atoms with E-state index in [0.717, 1.165) is 0 Å². The van der Waals surface area contributed by atoms with Gasteiger partial charge in [-0.3, -0.25) is 0 Å². The van der Waals surface area contributed by atoms with Gasteiger partial charge in [0.1, 0.15) is 0 Å². The molecule has 6 heteroatoms. The van der Waals surface area contributed by atoms with Crippen LogP contribution in [0.25, 0.3) is 10.6 Å². The van der Waals surface area contributed by atoms with E-state index in [-0.39, 0.29) is 12.0 Å². The van der Waals surface area contributed by atoms with E-state index in [1.165, 1.54) is 0 Å². The first-order chi connectivity index (χ1) is 6.23. The van der Waals surface area contributed by atoms with E-state index in [2.05, 4.69) is 10.6 Å². The van der Waals surface area contributed by atoms with E-state index in [9.17, 15) is 9.90 Å². The maximum Gasteiger partial charge on any atom is 0.0539 e. The van der Waals surface area contributed by atoms with Crippen LogP contribution in [0.2, 0.25) is 0 Å². The Hall–Kier alpha value is -2.61. The molecule has 1 saturated heterocycles. The van der Waals surface area contributed by atoms with Crippen LogP contribution in [0.3, 0.4) is 0 Å². The summed E-state index contributed by atoms with van der Waals surface area (Å²) >= 11 is 0. The number of amides is 1. The Morgan fingerprint density at radius 2 is 1.80 bits per heavy atom. The molecule has 4 nitrogen and oxygen atoms in total. The van der Waals surface area contributed by atoms with Gasteiger partial charge in [0.05, 0.1) is 6.10 Å². The summed E-state index contributed by atoms with van der Waals surface area (Å²) in [5.74, 6) is -0.0642. The minimum absolute atomic E-state index is 0. The molecule has 15 heavy (non-hydrogen) atoms. The smallest absolute Gasteiger partial charge is 0.0539 e. The number of carbonyl (C=O) groups excluding carboxylic acids is 1. The Kier molecular flexibility index (Phi) is 3.36. The van der Waals surface area contributed by atoms with Crippen LogP contribution in [0.4, 0.5) is 0 Å². The van der Waals surface area contributed by atoms with Crippen LogP contribution < -0.4 is 0 Å². The van der Waals surface area contributed by atoms with Crippen molar-refractivity contribution in [3.8, 4) is 0 Å². The van der Waals surface area contributed by atoms with Gasteiger partial charge in [-0.15, -0.1) is 6.54 Å². The number of hydrogen-bond acceptors (Lipinski definition) is 2. The van der Waals surface area contributed by atoms with Crippen molar-refractivity contribution in [3.05, 3.63) is 10.6 Å². The van der Waals surface area contributed by atoms with Crippen LogP contribution >= 0.6 is 0 Å². The minimum Gasteiger partial charge on any atom is -0.656 e. The minimum atomic E-state index is -0.544. The molecule has 1 amide bonds. The topological polar surface area (TPSA) is 65.5 Å². The van der Waals surface area contributed by atoms with Crippen LogP contribution in [0.15, 0.2) is 0 Å². The summed E-state index contributed by atoms with van der Waals surface area (Å²) in [4.78, 5) is 11.5. The van der Waals surface area contributed by atoms with Gasteiger partial charge in [0, 0.05) is 5.91 Å². The Morgan fingerprint density at radius 1 is 1.20 bits per heavy atom. The zero-order valence-corrected chi connectivity index (χ0v) is 21.9. The average molecular weight is 720 g/mol. The molecule has 0 aromatic carbocycles. The van der Waals surface area contributed by atoms with Crippen LogP contribution in [-0.2, 0) is 4.79 Å². The number of rotatable bonds is 0. The summed E-state index contributed by atoms with van der Waals surface area (Å²) in [7, 11) is 0. The van der Waals surface area contributed by atoms with Crippen molar-refractivity contribution in [2.45, 2.75) is 37.3 Å². The molecular weight excluding hydrogens is 706 g/mol.